The Morgan fingerprint density at radius 1 is 1.04 bits per heavy atom. The number of anilines is 1. The minimum absolute atomic E-state index is 0.0188. The fraction of sp³-hybridized carbons (Fsp3) is 0.632. The first-order valence-electron chi connectivity index (χ1n) is 9.90. The molecule has 1 saturated heterocycles. The summed E-state index contributed by atoms with van der Waals surface area (Å²) in [6.45, 7) is 2.27. The number of hydrogen-bond donors (Lipinski definition) is 0. The molecule has 0 bridgehead atoms. The van der Waals surface area contributed by atoms with E-state index < -0.39 is 11.2 Å². The summed E-state index contributed by atoms with van der Waals surface area (Å²) in [5.41, 5.74) is -0.943. The van der Waals surface area contributed by atoms with Crippen molar-refractivity contribution in [2.45, 2.75) is 51.0 Å². The summed E-state index contributed by atoms with van der Waals surface area (Å²) in [6, 6.07) is 2.01. The van der Waals surface area contributed by atoms with Crippen LogP contribution in [-0.2, 0) is 27.1 Å². The SMILES string of the molecule is Cn1c(N2CCC[C@@H](c3nnc4n3CCCCC4)C2)c(C#N)c(=O)n(C)c1=O. The number of nitriles is 1. The molecule has 4 heterocycles. The number of fused-ring (bicyclic) bond motifs is 1. The van der Waals surface area contributed by atoms with Gasteiger partial charge in [-0.05, 0) is 25.7 Å². The molecule has 0 spiro atoms. The van der Waals surface area contributed by atoms with E-state index in [1.54, 1.807) is 7.05 Å². The van der Waals surface area contributed by atoms with Crippen molar-refractivity contribution in [2.24, 2.45) is 14.1 Å². The maximum absolute atomic E-state index is 12.5. The Balaban J connectivity index is 1.72. The van der Waals surface area contributed by atoms with E-state index in [0.717, 1.165) is 54.9 Å². The van der Waals surface area contributed by atoms with Crippen LogP contribution >= 0.6 is 0 Å². The first-order chi connectivity index (χ1) is 13.5. The van der Waals surface area contributed by atoms with Crippen molar-refractivity contribution in [1.29, 1.82) is 5.26 Å². The highest BCUT2D eigenvalue weighted by Gasteiger charge is 2.30. The molecule has 9 nitrogen and oxygen atoms in total. The molecule has 2 aromatic rings. The summed E-state index contributed by atoms with van der Waals surface area (Å²) in [6.07, 6.45) is 6.34. The Morgan fingerprint density at radius 3 is 2.64 bits per heavy atom. The Kier molecular flexibility index (Phi) is 4.79. The third kappa shape index (κ3) is 2.93. The monoisotopic (exact) mass is 383 g/mol. The van der Waals surface area contributed by atoms with Gasteiger partial charge in [0.25, 0.3) is 5.56 Å². The Labute approximate surface area is 162 Å². The smallest absolute Gasteiger partial charge is 0.332 e. The molecule has 0 radical (unpaired) electrons. The van der Waals surface area contributed by atoms with Crippen LogP contribution in [-0.4, -0.2) is 37.0 Å². The Bertz CT molecular complexity index is 1060. The lowest BCUT2D eigenvalue weighted by atomic mass is 9.96. The predicted octanol–water partition coefficient (Wildman–Crippen LogP) is 0.658. The van der Waals surface area contributed by atoms with E-state index >= 15 is 0 Å². The highest BCUT2D eigenvalue weighted by molar-refractivity contribution is 5.54. The third-order valence-corrected chi connectivity index (χ3v) is 5.97. The van der Waals surface area contributed by atoms with E-state index in [0.29, 0.717) is 18.9 Å². The van der Waals surface area contributed by atoms with E-state index in [2.05, 4.69) is 14.8 Å². The molecule has 0 N–H and O–H groups in total. The van der Waals surface area contributed by atoms with Crippen molar-refractivity contribution in [3.63, 3.8) is 0 Å². The van der Waals surface area contributed by atoms with Gasteiger partial charge in [-0.25, -0.2) is 4.79 Å². The minimum Gasteiger partial charge on any atom is -0.356 e. The standard InChI is InChI=1S/C19H25N7O2/c1-23-17(14(11-20)18(27)24(2)19(23)28)25-9-6-7-13(12-25)16-22-21-15-8-4-3-5-10-26(15)16/h13H,3-10,12H2,1-2H3/t13-/m1/s1. The molecule has 2 aromatic heterocycles. The first kappa shape index (κ1) is 18.5. The van der Waals surface area contributed by atoms with E-state index in [1.807, 2.05) is 11.0 Å². The number of aromatic nitrogens is 5. The highest BCUT2D eigenvalue weighted by Crippen LogP contribution is 2.30. The van der Waals surface area contributed by atoms with Gasteiger partial charge >= 0.3 is 5.69 Å². The summed E-state index contributed by atoms with van der Waals surface area (Å²) < 4.78 is 4.66. The molecule has 0 amide bonds. The van der Waals surface area contributed by atoms with Crippen LogP contribution in [0.25, 0.3) is 0 Å². The van der Waals surface area contributed by atoms with Crippen LogP contribution in [0.4, 0.5) is 5.82 Å². The fourth-order valence-corrected chi connectivity index (χ4v) is 4.49. The van der Waals surface area contributed by atoms with Gasteiger partial charge < -0.3 is 9.47 Å². The van der Waals surface area contributed by atoms with Crippen molar-refractivity contribution in [1.82, 2.24) is 23.9 Å². The molecule has 148 valence electrons. The van der Waals surface area contributed by atoms with Crippen LogP contribution in [0.5, 0.6) is 0 Å². The average Bonchev–Trinajstić information content (AvgIpc) is 2.97. The van der Waals surface area contributed by atoms with E-state index in [-0.39, 0.29) is 11.5 Å². The number of rotatable bonds is 2. The van der Waals surface area contributed by atoms with Crippen molar-refractivity contribution in [3.8, 4) is 6.07 Å². The molecule has 9 heteroatoms. The van der Waals surface area contributed by atoms with Gasteiger partial charge in [-0.1, -0.05) is 6.42 Å². The van der Waals surface area contributed by atoms with E-state index in [1.165, 1.54) is 18.0 Å². The van der Waals surface area contributed by atoms with Gasteiger partial charge in [0.1, 0.15) is 23.5 Å². The molecule has 0 unspecified atom stereocenters. The molecular weight excluding hydrogens is 358 g/mol. The lowest BCUT2D eigenvalue weighted by Crippen LogP contribution is -2.45. The van der Waals surface area contributed by atoms with Crippen LogP contribution in [0.15, 0.2) is 9.59 Å². The number of piperidine rings is 1. The first-order valence-corrected chi connectivity index (χ1v) is 9.90. The zero-order chi connectivity index (χ0) is 19.8. The van der Waals surface area contributed by atoms with Crippen molar-refractivity contribution in [2.75, 3.05) is 18.0 Å². The molecule has 28 heavy (non-hydrogen) atoms. The summed E-state index contributed by atoms with van der Waals surface area (Å²) in [5.74, 6) is 2.63. The third-order valence-electron chi connectivity index (χ3n) is 5.97. The zero-order valence-electron chi connectivity index (χ0n) is 16.4. The zero-order valence-corrected chi connectivity index (χ0v) is 16.4. The van der Waals surface area contributed by atoms with Crippen molar-refractivity contribution >= 4 is 5.82 Å². The van der Waals surface area contributed by atoms with Crippen LogP contribution < -0.4 is 16.1 Å². The van der Waals surface area contributed by atoms with Crippen LogP contribution in [0, 0.1) is 11.3 Å². The molecule has 0 aliphatic carbocycles. The maximum Gasteiger partial charge on any atom is 0.332 e. The Hall–Kier alpha value is -2.89. The summed E-state index contributed by atoms with van der Waals surface area (Å²) in [7, 11) is 3.02. The van der Waals surface area contributed by atoms with Gasteiger partial charge in [0.05, 0.1) is 0 Å². The molecule has 4 rings (SSSR count). The highest BCUT2D eigenvalue weighted by atomic mass is 16.2. The lowest BCUT2D eigenvalue weighted by molar-refractivity contribution is 0.458. The second-order valence-electron chi connectivity index (χ2n) is 7.74. The number of nitrogens with zero attached hydrogens (tertiary/aromatic N) is 7. The van der Waals surface area contributed by atoms with Gasteiger partial charge in [0.15, 0.2) is 5.56 Å². The van der Waals surface area contributed by atoms with Crippen LogP contribution in [0.2, 0.25) is 0 Å². The second kappa shape index (κ2) is 7.26. The minimum atomic E-state index is -0.543. The predicted molar refractivity (Wildman–Crippen MR) is 103 cm³/mol. The normalized spacial score (nSPS) is 19.8. The molecular formula is C19H25N7O2. The number of hydrogen-bond acceptors (Lipinski definition) is 6. The molecule has 0 aromatic carbocycles. The number of aryl methyl sites for hydroxylation is 1. The van der Waals surface area contributed by atoms with Crippen molar-refractivity contribution < 1.29 is 0 Å². The molecule has 2 aliphatic heterocycles. The summed E-state index contributed by atoms with van der Waals surface area (Å²) in [5, 5.41) is 18.5. The molecule has 2 aliphatic rings. The fourth-order valence-electron chi connectivity index (χ4n) is 4.49. The molecule has 1 fully saturated rings. The van der Waals surface area contributed by atoms with Gasteiger partial charge in [-0.2, -0.15) is 5.26 Å². The van der Waals surface area contributed by atoms with Gasteiger partial charge in [0, 0.05) is 46.1 Å². The van der Waals surface area contributed by atoms with Crippen LogP contribution in [0.3, 0.4) is 0 Å². The average molecular weight is 383 g/mol. The van der Waals surface area contributed by atoms with Gasteiger partial charge in [-0.15, -0.1) is 10.2 Å². The second-order valence-corrected chi connectivity index (χ2v) is 7.74. The quantitative estimate of drug-likeness (QED) is 0.755. The summed E-state index contributed by atoms with van der Waals surface area (Å²) >= 11 is 0. The topological polar surface area (TPSA) is 102 Å². The molecule has 1 atom stereocenters. The Morgan fingerprint density at radius 2 is 1.86 bits per heavy atom. The van der Waals surface area contributed by atoms with E-state index in [9.17, 15) is 14.9 Å². The maximum atomic E-state index is 12.5. The van der Waals surface area contributed by atoms with Gasteiger partial charge in [0.2, 0.25) is 0 Å². The van der Waals surface area contributed by atoms with Crippen LogP contribution in [0.1, 0.15) is 55.2 Å². The largest absolute Gasteiger partial charge is 0.356 e. The lowest BCUT2D eigenvalue weighted by Gasteiger charge is -2.35. The summed E-state index contributed by atoms with van der Waals surface area (Å²) in [4.78, 5) is 26.9. The van der Waals surface area contributed by atoms with E-state index in [4.69, 9.17) is 0 Å². The van der Waals surface area contributed by atoms with Crippen molar-refractivity contribution in [3.05, 3.63) is 38.1 Å². The van der Waals surface area contributed by atoms with Gasteiger partial charge in [-0.3, -0.25) is 13.9 Å². The molecule has 0 saturated carbocycles.